The largest absolute Gasteiger partial charge is 0.497 e. The van der Waals surface area contributed by atoms with Crippen molar-refractivity contribution in [2.24, 2.45) is 0 Å². The third kappa shape index (κ3) is 3.78. The molecule has 0 aliphatic carbocycles. The number of nitrogens with one attached hydrogen (secondary N) is 2. The van der Waals surface area contributed by atoms with Crippen molar-refractivity contribution in [1.29, 1.82) is 0 Å². The van der Waals surface area contributed by atoms with Crippen molar-refractivity contribution >= 4 is 5.91 Å². The standard InChI is InChI=1S/C16H21N3O3/c1-11-12(2)19(16(21)18-11)8-7-15(20)17-10-13-5-4-6-14(9-13)22-3/h4-6,9H,7-8,10H2,1-3H3,(H,17,20)(H,18,21). The fourth-order valence-corrected chi connectivity index (χ4v) is 2.23. The van der Waals surface area contributed by atoms with Crippen LogP contribution < -0.4 is 15.7 Å². The Morgan fingerprint density at radius 3 is 2.77 bits per heavy atom. The summed E-state index contributed by atoms with van der Waals surface area (Å²) in [6.07, 6.45) is 0.266. The summed E-state index contributed by atoms with van der Waals surface area (Å²) in [7, 11) is 1.61. The first kappa shape index (κ1) is 15.9. The molecule has 1 aromatic carbocycles. The molecule has 0 fully saturated rings. The minimum absolute atomic E-state index is 0.0898. The molecule has 0 saturated carbocycles. The maximum atomic E-state index is 11.9. The number of benzene rings is 1. The Morgan fingerprint density at radius 2 is 2.14 bits per heavy atom. The molecule has 118 valence electrons. The minimum Gasteiger partial charge on any atom is -0.497 e. The SMILES string of the molecule is COc1cccc(CNC(=O)CCn2c(C)c(C)[nH]c2=O)c1. The first-order valence-corrected chi connectivity index (χ1v) is 7.17. The lowest BCUT2D eigenvalue weighted by molar-refractivity contribution is -0.121. The van der Waals surface area contributed by atoms with E-state index in [2.05, 4.69) is 10.3 Å². The van der Waals surface area contributed by atoms with Crippen LogP contribution in [0.15, 0.2) is 29.1 Å². The number of methoxy groups -OCH3 is 1. The molecule has 0 aliphatic rings. The number of amides is 1. The van der Waals surface area contributed by atoms with E-state index in [1.807, 2.05) is 38.1 Å². The number of carbonyl (C=O) groups excluding carboxylic acids is 1. The Hall–Kier alpha value is -2.50. The number of aromatic nitrogens is 2. The molecule has 1 heterocycles. The van der Waals surface area contributed by atoms with Gasteiger partial charge in [-0.2, -0.15) is 0 Å². The Kier molecular flexibility index (Phi) is 5.04. The van der Waals surface area contributed by atoms with E-state index in [0.717, 1.165) is 22.7 Å². The van der Waals surface area contributed by atoms with Crippen molar-refractivity contribution in [2.75, 3.05) is 7.11 Å². The molecule has 6 heteroatoms. The van der Waals surface area contributed by atoms with Crippen molar-refractivity contribution in [3.63, 3.8) is 0 Å². The Morgan fingerprint density at radius 1 is 1.36 bits per heavy atom. The van der Waals surface area contributed by atoms with Gasteiger partial charge >= 0.3 is 5.69 Å². The Bertz CT molecular complexity index is 716. The molecular formula is C16H21N3O3. The topological polar surface area (TPSA) is 76.1 Å². The summed E-state index contributed by atoms with van der Waals surface area (Å²) in [5.41, 5.74) is 2.50. The summed E-state index contributed by atoms with van der Waals surface area (Å²) in [6.45, 7) is 4.52. The van der Waals surface area contributed by atoms with E-state index in [1.54, 1.807) is 11.7 Å². The van der Waals surface area contributed by atoms with Crippen LogP contribution in [0.25, 0.3) is 0 Å². The molecule has 6 nitrogen and oxygen atoms in total. The fraction of sp³-hybridized carbons (Fsp3) is 0.375. The molecule has 0 atom stereocenters. The van der Waals surface area contributed by atoms with Crippen LogP contribution in [0.5, 0.6) is 5.75 Å². The quantitative estimate of drug-likeness (QED) is 0.849. The molecule has 2 rings (SSSR count). The maximum Gasteiger partial charge on any atom is 0.325 e. The lowest BCUT2D eigenvalue weighted by Gasteiger charge is -2.08. The summed E-state index contributed by atoms with van der Waals surface area (Å²) in [4.78, 5) is 26.3. The van der Waals surface area contributed by atoms with Crippen LogP contribution in [-0.4, -0.2) is 22.6 Å². The molecule has 0 bridgehead atoms. The van der Waals surface area contributed by atoms with E-state index in [4.69, 9.17) is 4.74 Å². The molecule has 0 spiro atoms. The van der Waals surface area contributed by atoms with E-state index < -0.39 is 0 Å². The second kappa shape index (κ2) is 6.98. The van der Waals surface area contributed by atoms with Gasteiger partial charge in [-0.05, 0) is 31.5 Å². The highest BCUT2D eigenvalue weighted by atomic mass is 16.5. The van der Waals surface area contributed by atoms with Crippen LogP contribution in [0.1, 0.15) is 23.4 Å². The average molecular weight is 303 g/mol. The van der Waals surface area contributed by atoms with E-state index in [1.165, 1.54) is 0 Å². The predicted octanol–water partition coefficient (Wildman–Crippen LogP) is 1.51. The normalized spacial score (nSPS) is 10.5. The molecule has 1 amide bonds. The first-order valence-electron chi connectivity index (χ1n) is 7.17. The van der Waals surface area contributed by atoms with Gasteiger partial charge in [0.05, 0.1) is 7.11 Å². The monoisotopic (exact) mass is 303 g/mol. The highest BCUT2D eigenvalue weighted by Gasteiger charge is 2.08. The van der Waals surface area contributed by atoms with Crippen LogP contribution in [0.4, 0.5) is 0 Å². The van der Waals surface area contributed by atoms with Crippen LogP contribution in [0.2, 0.25) is 0 Å². The molecule has 0 aliphatic heterocycles. The van der Waals surface area contributed by atoms with Gasteiger partial charge in [-0.25, -0.2) is 4.79 Å². The summed E-state index contributed by atoms with van der Waals surface area (Å²) in [6, 6.07) is 7.54. The summed E-state index contributed by atoms with van der Waals surface area (Å²) in [5.74, 6) is 0.671. The van der Waals surface area contributed by atoms with E-state index in [0.29, 0.717) is 13.1 Å². The van der Waals surface area contributed by atoms with Gasteiger partial charge in [-0.15, -0.1) is 0 Å². The molecule has 0 saturated heterocycles. The van der Waals surface area contributed by atoms with Crippen molar-refractivity contribution in [3.8, 4) is 5.75 Å². The second-order valence-corrected chi connectivity index (χ2v) is 5.17. The van der Waals surface area contributed by atoms with Gasteiger partial charge in [-0.1, -0.05) is 12.1 Å². The number of imidazole rings is 1. The summed E-state index contributed by atoms with van der Waals surface area (Å²) < 4.78 is 6.73. The minimum atomic E-state index is -0.171. The Balaban J connectivity index is 1.87. The number of hydrogen-bond donors (Lipinski definition) is 2. The van der Waals surface area contributed by atoms with E-state index in [9.17, 15) is 9.59 Å². The first-order chi connectivity index (χ1) is 10.5. The highest BCUT2D eigenvalue weighted by molar-refractivity contribution is 5.75. The van der Waals surface area contributed by atoms with Gasteiger partial charge < -0.3 is 15.0 Å². The number of ether oxygens (including phenoxy) is 1. The van der Waals surface area contributed by atoms with Gasteiger partial charge in [0.2, 0.25) is 5.91 Å². The van der Waals surface area contributed by atoms with Crippen molar-refractivity contribution < 1.29 is 9.53 Å². The second-order valence-electron chi connectivity index (χ2n) is 5.17. The van der Waals surface area contributed by atoms with E-state index in [-0.39, 0.29) is 18.0 Å². The van der Waals surface area contributed by atoms with Gasteiger partial charge in [-0.3, -0.25) is 9.36 Å². The number of aryl methyl sites for hydroxylation is 1. The Labute approximate surface area is 129 Å². The summed E-state index contributed by atoms with van der Waals surface area (Å²) >= 11 is 0. The molecule has 1 aromatic heterocycles. The zero-order valence-electron chi connectivity index (χ0n) is 13.1. The van der Waals surface area contributed by atoms with Crippen LogP contribution in [0.3, 0.4) is 0 Å². The van der Waals surface area contributed by atoms with Crippen LogP contribution >= 0.6 is 0 Å². The molecular weight excluding hydrogens is 282 g/mol. The van der Waals surface area contributed by atoms with Gasteiger partial charge in [0.15, 0.2) is 0 Å². The lowest BCUT2D eigenvalue weighted by atomic mass is 10.2. The van der Waals surface area contributed by atoms with Crippen LogP contribution in [0, 0.1) is 13.8 Å². The zero-order valence-corrected chi connectivity index (χ0v) is 13.1. The van der Waals surface area contributed by atoms with Crippen LogP contribution in [-0.2, 0) is 17.9 Å². The molecule has 0 radical (unpaired) electrons. The van der Waals surface area contributed by atoms with Crippen molar-refractivity contribution in [2.45, 2.75) is 33.4 Å². The van der Waals surface area contributed by atoms with Gasteiger partial charge in [0.1, 0.15) is 5.75 Å². The highest BCUT2D eigenvalue weighted by Crippen LogP contribution is 2.12. The number of H-pyrrole nitrogens is 1. The molecule has 2 aromatic rings. The lowest BCUT2D eigenvalue weighted by Crippen LogP contribution is -2.26. The molecule has 2 N–H and O–H groups in total. The predicted molar refractivity (Wildman–Crippen MR) is 84.0 cm³/mol. The number of hydrogen-bond acceptors (Lipinski definition) is 3. The number of nitrogens with zero attached hydrogens (tertiary/aromatic N) is 1. The average Bonchev–Trinajstić information content (AvgIpc) is 2.76. The van der Waals surface area contributed by atoms with Gasteiger partial charge in [0, 0.05) is 30.9 Å². The van der Waals surface area contributed by atoms with E-state index >= 15 is 0 Å². The molecule has 22 heavy (non-hydrogen) atoms. The fourth-order valence-electron chi connectivity index (χ4n) is 2.23. The van der Waals surface area contributed by atoms with Crippen molar-refractivity contribution in [3.05, 3.63) is 51.7 Å². The number of rotatable bonds is 6. The van der Waals surface area contributed by atoms with Crippen molar-refractivity contribution in [1.82, 2.24) is 14.9 Å². The number of carbonyl (C=O) groups is 1. The summed E-state index contributed by atoms with van der Waals surface area (Å²) in [5, 5.41) is 2.85. The number of aromatic amines is 1. The third-order valence-corrected chi connectivity index (χ3v) is 3.67. The third-order valence-electron chi connectivity index (χ3n) is 3.67. The zero-order chi connectivity index (χ0) is 16.1. The maximum absolute atomic E-state index is 11.9. The van der Waals surface area contributed by atoms with Gasteiger partial charge in [0.25, 0.3) is 0 Å². The smallest absolute Gasteiger partial charge is 0.325 e. The molecule has 0 unspecified atom stereocenters.